The number of phenolic OH excluding ortho intramolecular Hbond substituents is 1. The second-order valence-electron chi connectivity index (χ2n) is 4.91. The largest absolute Gasteiger partial charge is 0.508 e. The maximum Gasteiger partial charge on any atom is 0.194 e. The van der Waals surface area contributed by atoms with Gasteiger partial charge in [0.05, 0.1) is 11.4 Å². The van der Waals surface area contributed by atoms with Crippen LogP contribution in [0.2, 0.25) is 0 Å². The molecule has 0 aliphatic carbocycles. The molecular formula is C15H17N3OS. The summed E-state index contributed by atoms with van der Waals surface area (Å²) in [6.07, 6.45) is 0. The number of imidazole rings is 1. The number of nitrogens with one attached hydrogen (secondary N) is 1. The molecule has 0 atom stereocenters. The van der Waals surface area contributed by atoms with Crippen LogP contribution < -0.4 is 5.32 Å². The monoisotopic (exact) mass is 287 g/mol. The van der Waals surface area contributed by atoms with E-state index in [9.17, 15) is 5.11 Å². The van der Waals surface area contributed by atoms with Crippen LogP contribution in [0.5, 0.6) is 5.75 Å². The van der Waals surface area contributed by atoms with E-state index in [1.807, 2.05) is 12.1 Å². The highest BCUT2D eigenvalue weighted by atomic mass is 32.1. The topological polar surface area (TPSA) is 49.6 Å². The number of hydrogen-bond acceptors (Lipinski definition) is 4. The van der Waals surface area contributed by atoms with E-state index < -0.39 is 0 Å². The van der Waals surface area contributed by atoms with E-state index in [0.29, 0.717) is 5.75 Å². The minimum atomic E-state index is 0.302. The summed E-state index contributed by atoms with van der Waals surface area (Å²) in [5, 5.41) is 14.8. The molecular weight excluding hydrogens is 270 g/mol. The van der Waals surface area contributed by atoms with Crippen molar-refractivity contribution < 1.29 is 5.11 Å². The molecule has 5 heteroatoms. The van der Waals surface area contributed by atoms with Crippen LogP contribution in [0.4, 0.5) is 0 Å². The fraction of sp³-hybridized carbons (Fsp3) is 0.267. The highest BCUT2D eigenvalue weighted by Crippen LogP contribution is 2.20. The zero-order valence-electron chi connectivity index (χ0n) is 11.6. The summed E-state index contributed by atoms with van der Waals surface area (Å²) in [5.74, 6) is 0.302. The maximum atomic E-state index is 9.26. The molecule has 0 bridgehead atoms. The van der Waals surface area contributed by atoms with Crippen molar-refractivity contribution in [3.63, 3.8) is 0 Å². The van der Waals surface area contributed by atoms with E-state index in [1.54, 1.807) is 23.5 Å². The van der Waals surface area contributed by atoms with Crippen LogP contribution in [-0.4, -0.2) is 14.5 Å². The van der Waals surface area contributed by atoms with Crippen molar-refractivity contribution in [2.45, 2.75) is 26.9 Å². The molecule has 2 aromatic heterocycles. The van der Waals surface area contributed by atoms with E-state index in [0.717, 1.165) is 29.3 Å². The van der Waals surface area contributed by atoms with Crippen molar-refractivity contribution in [3.05, 3.63) is 52.3 Å². The van der Waals surface area contributed by atoms with E-state index in [1.165, 1.54) is 11.4 Å². The molecule has 4 nitrogen and oxygen atoms in total. The molecule has 2 N–H and O–H groups in total. The molecule has 104 valence electrons. The number of hydrogen-bond donors (Lipinski definition) is 2. The van der Waals surface area contributed by atoms with Gasteiger partial charge >= 0.3 is 0 Å². The average Bonchev–Trinajstić information content (AvgIpc) is 2.93. The number of nitrogens with zero attached hydrogens (tertiary/aromatic N) is 2. The van der Waals surface area contributed by atoms with E-state index in [-0.39, 0.29) is 0 Å². The van der Waals surface area contributed by atoms with Gasteiger partial charge in [0.15, 0.2) is 4.96 Å². The first-order valence-corrected chi connectivity index (χ1v) is 7.44. The smallest absolute Gasteiger partial charge is 0.194 e. The number of benzene rings is 1. The number of aromatic nitrogens is 2. The minimum Gasteiger partial charge on any atom is -0.508 e. The Morgan fingerprint density at radius 1 is 1.20 bits per heavy atom. The molecule has 0 amide bonds. The summed E-state index contributed by atoms with van der Waals surface area (Å²) in [6.45, 7) is 5.71. The van der Waals surface area contributed by atoms with Gasteiger partial charge < -0.3 is 10.4 Å². The van der Waals surface area contributed by atoms with Crippen molar-refractivity contribution in [1.82, 2.24) is 14.7 Å². The third-order valence-electron chi connectivity index (χ3n) is 3.39. The molecule has 0 aliphatic rings. The van der Waals surface area contributed by atoms with Crippen LogP contribution >= 0.6 is 11.3 Å². The first-order valence-electron chi connectivity index (χ1n) is 6.56. The summed E-state index contributed by atoms with van der Waals surface area (Å²) >= 11 is 1.68. The SMILES string of the molecule is Cc1nc2scc(C)n2c1CNCc1ccc(O)cc1. The Bertz CT molecular complexity index is 727. The third-order valence-corrected chi connectivity index (χ3v) is 4.33. The van der Waals surface area contributed by atoms with E-state index in [4.69, 9.17) is 0 Å². The summed E-state index contributed by atoms with van der Waals surface area (Å²) in [4.78, 5) is 5.64. The Balaban J connectivity index is 1.72. The Morgan fingerprint density at radius 3 is 2.70 bits per heavy atom. The van der Waals surface area contributed by atoms with Gasteiger partial charge in [0.1, 0.15) is 5.75 Å². The summed E-state index contributed by atoms with van der Waals surface area (Å²) in [6, 6.07) is 7.28. The van der Waals surface area contributed by atoms with Crippen molar-refractivity contribution in [2.75, 3.05) is 0 Å². The second-order valence-corrected chi connectivity index (χ2v) is 5.75. The molecule has 20 heavy (non-hydrogen) atoms. The molecule has 1 aromatic carbocycles. The van der Waals surface area contributed by atoms with Crippen molar-refractivity contribution in [2.24, 2.45) is 0 Å². The van der Waals surface area contributed by atoms with Crippen LogP contribution in [0, 0.1) is 13.8 Å². The van der Waals surface area contributed by atoms with Gasteiger partial charge in [-0.05, 0) is 31.5 Å². The van der Waals surface area contributed by atoms with Gasteiger partial charge in [0.2, 0.25) is 0 Å². The molecule has 0 aliphatic heterocycles. The quantitative estimate of drug-likeness (QED) is 0.775. The zero-order valence-corrected chi connectivity index (χ0v) is 12.4. The maximum absolute atomic E-state index is 9.26. The number of fused-ring (bicyclic) bond motifs is 1. The molecule has 3 aromatic rings. The van der Waals surface area contributed by atoms with Crippen molar-refractivity contribution in [1.29, 1.82) is 0 Å². The van der Waals surface area contributed by atoms with Gasteiger partial charge in [-0.1, -0.05) is 12.1 Å². The molecule has 2 heterocycles. The normalized spacial score (nSPS) is 11.3. The first kappa shape index (κ1) is 13.1. The lowest BCUT2D eigenvalue weighted by molar-refractivity contribution is 0.475. The Labute approximate surface area is 121 Å². The van der Waals surface area contributed by atoms with Gasteiger partial charge in [-0.25, -0.2) is 4.98 Å². The number of aryl methyl sites for hydroxylation is 2. The molecule has 0 unspecified atom stereocenters. The Kier molecular flexibility index (Phi) is 3.46. The fourth-order valence-corrected chi connectivity index (χ4v) is 3.25. The third kappa shape index (κ3) is 2.42. The number of rotatable bonds is 4. The van der Waals surface area contributed by atoms with Gasteiger partial charge in [0, 0.05) is 24.2 Å². The first-order chi connectivity index (χ1) is 9.65. The predicted molar refractivity (Wildman–Crippen MR) is 81.2 cm³/mol. The highest BCUT2D eigenvalue weighted by molar-refractivity contribution is 7.15. The van der Waals surface area contributed by atoms with E-state index >= 15 is 0 Å². The molecule has 0 saturated carbocycles. The highest BCUT2D eigenvalue weighted by Gasteiger charge is 2.11. The zero-order chi connectivity index (χ0) is 14.1. The lowest BCUT2D eigenvalue weighted by atomic mass is 10.2. The molecule has 0 radical (unpaired) electrons. The van der Waals surface area contributed by atoms with Gasteiger partial charge in [-0.3, -0.25) is 4.40 Å². The standard InChI is InChI=1S/C15H17N3OS/c1-10-9-20-15-17-11(2)14(18(10)15)8-16-7-12-3-5-13(19)6-4-12/h3-6,9,16,19H,7-8H2,1-2H3. The predicted octanol–water partition coefficient (Wildman–Crippen LogP) is 3.01. The fourth-order valence-electron chi connectivity index (χ4n) is 2.31. The summed E-state index contributed by atoms with van der Waals surface area (Å²) in [5.41, 5.74) is 4.69. The molecule has 0 spiro atoms. The lowest BCUT2D eigenvalue weighted by Crippen LogP contribution is -2.15. The lowest BCUT2D eigenvalue weighted by Gasteiger charge is -2.06. The number of phenols is 1. The Hall–Kier alpha value is -1.85. The number of aromatic hydroxyl groups is 1. The van der Waals surface area contributed by atoms with Gasteiger partial charge in [-0.2, -0.15) is 0 Å². The van der Waals surface area contributed by atoms with E-state index in [2.05, 4.69) is 33.9 Å². The number of thiazole rings is 1. The molecule has 0 saturated heterocycles. The van der Waals surface area contributed by atoms with Crippen LogP contribution in [0.3, 0.4) is 0 Å². The minimum absolute atomic E-state index is 0.302. The Morgan fingerprint density at radius 2 is 1.95 bits per heavy atom. The molecule has 3 rings (SSSR count). The molecule has 0 fully saturated rings. The summed E-state index contributed by atoms with van der Waals surface area (Å²) < 4.78 is 2.21. The van der Waals surface area contributed by atoms with Gasteiger partial charge in [0.25, 0.3) is 0 Å². The summed E-state index contributed by atoms with van der Waals surface area (Å²) in [7, 11) is 0. The van der Waals surface area contributed by atoms with Crippen LogP contribution in [-0.2, 0) is 13.1 Å². The van der Waals surface area contributed by atoms with Crippen molar-refractivity contribution >= 4 is 16.3 Å². The van der Waals surface area contributed by atoms with Crippen molar-refractivity contribution in [3.8, 4) is 5.75 Å². The average molecular weight is 287 g/mol. The van der Waals surface area contributed by atoms with Crippen LogP contribution in [0.25, 0.3) is 4.96 Å². The van der Waals surface area contributed by atoms with Crippen LogP contribution in [0.1, 0.15) is 22.6 Å². The van der Waals surface area contributed by atoms with Gasteiger partial charge in [-0.15, -0.1) is 11.3 Å². The second kappa shape index (κ2) is 5.26. The van der Waals surface area contributed by atoms with Crippen LogP contribution in [0.15, 0.2) is 29.6 Å².